The normalized spacial score (nSPS) is 16.1. The number of benzene rings is 1. The van der Waals surface area contributed by atoms with Gasteiger partial charge in [0.15, 0.2) is 0 Å². The van der Waals surface area contributed by atoms with Gasteiger partial charge in [0, 0.05) is 11.0 Å². The highest BCUT2D eigenvalue weighted by Crippen LogP contribution is 2.37. The number of sulfonamides is 1. The second-order valence-corrected chi connectivity index (χ2v) is 6.32. The fourth-order valence-electron chi connectivity index (χ4n) is 1.71. The second kappa shape index (κ2) is 3.88. The van der Waals surface area contributed by atoms with E-state index in [9.17, 15) is 21.6 Å². The van der Waals surface area contributed by atoms with E-state index in [0.717, 1.165) is 0 Å². The summed E-state index contributed by atoms with van der Waals surface area (Å²) in [6.45, 7) is -0.173. The van der Waals surface area contributed by atoms with Crippen LogP contribution in [0.1, 0.15) is 5.56 Å². The molecule has 0 unspecified atom stereocenters. The van der Waals surface area contributed by atoms with Gasteiger partial charge < -0.3 is 0 Å². The van der Waals surface area contributed by atoms with Crippen LogP contribution < -0.4 is 4.31 Å². The Kier molecular flexibility index (Phi) is 2.89. The molecule has 1 aromatic carbocycles. The van der Waals surface area contributed by atoms with Crippen LogP contribution in [0.2, 0.25) is 0 Å². The van der Waals surface area contributed by atoms with Gasteiger partial charge >= 0.3 is 15.5 Å². The Bertz CT molecular complexity index is 556. The SMILES string of the molecule is O=S(=O)(N1CCc2cc(Br)ccc21)C(F)(F)F. The van der Waals surface area contributed by atoms with Gasteiger partial charge in [0.05, 0.1) is 5.69 Å². The van der Waals surface area contributed by atoms with Gasteiger partial charge in [-0.1, -0.05) is 15.9 Å². The third-order valence-corrected chi connectivity index (χ3v) is 4.51. The van der Waals surface area contributed by atoms with E-state index in [4.69, 9.17) is 0 Å². The highest BCUT2D eigenvalue weighted by atomic mass is 79.9. The predicted octanol–water partition coefficient (Wildman–Crippen LogP) is 2.66. The van der Waals surface area contributed by atoms with E-state index in [0.29, 0.717) is 14.3 Å². The van der Waals surface area contributed by atoms with E-state index in [1.54, 1.807) is 6.07 Å². The van der Waals surface area contributed by atoms with Crippen LogP contribution >= 0.6 is 15.9 Å². The number of hydrogen-bond acceptors (Lipinski definition) is 2. The highest BCUT2D eigenvalue weighted by molar-refractivity contribution is 9.10. The molecule has 0 aromatic heterocycles. The Morgan fingerprint density at radius 2 is 1.94 bits per heavy atom. The summed E-state index contributed by atoms with van der Waals surface area (Å²) in [6, 6.07) is 4.51. The topological polar surface area (TPSA) is 37.4 Å². The van der Waals surface area contributed by atoms with Crippen molar-refractivity contribution < 1.29 is 21.6 Å². The highest BCUT2D eigenvalue weighted by Gasteiger charge is 2.51. The molecule has 0 N–H and O–H groups in total. The first-order chi connectivity index (χ1) is 7.73. The molecule has 0 amide bonds. The zero-order chi connectivity index (χ0) is 12.8. The minimum absolute atomic E-state index is 0.102. The lowest BCUT2D eigenvalue weighted by Crippen LogP contribution is -2.39. The summed E-state index contributed by atoms with van der Waals surface area (Å²) in [5.74, 6) is 0. The van der Waals surface area contributed by atoms with Crippen LogP contribution in [0.3, 0.4) is 0 Å². The van der Waals surface area contributed by atoms with Crippen molar-refractivity contribution in [2.75, 3.05) is 10.8 Å². The zero-order valence-corrected chi connectivity index (χ0v) is 10.7. The summed E-state index contributed by atoms with van der Waals surface area (Å²) in [7, 11) is -5.28. The lowest BCUT2D eigenvalue weighted by molar-refractivity contribution is -0.0437. The molecule has 0 saturated heterocycles. The van der Waals surface area contributed by atoms with Crippen LogP contribution in [0.4, 0.5) is 18.9 Å². The standard InChI is InChI=1S/C9H7BrF3NO2S/c10-7-1-2-8-6(5-7)3-4-14(8)17(15,16)9(11,12)13/h1-2,5H,3-4H2. The summed E-state index contributed by atoms with van der Waals surface area (Å²) in [4.78, 5) is 0. The molecule has 1 aliphatic rings. The summed E-state index contributed by atoms with van der Waals surface area (Å²) in [5, 5.41) is 0. The maximum atomic E-state index is 12.4. The van der Waals surface area contributed by atoms with E-state index in [-0.39, 0.29) is 18.7 Å². The molecule has 2 rings (SSSR count). The van der Waals surface area contributed by atoms with Gasteiger partial charge in [-0.3, -0.25) is 4.31 Å². The van der Waals surface area contributed by atoms with Crippen LogP contribution in [-0.4, -0.2) is 20.5 Å². The molecule has 94 valence electrons. The number of nitrogens with zero attached hydrogens (tertiary/aromatic N) is 1. The molecule has 3 nitrogen and oxygen atoms in total. The van der Waals surface area contributed by atoms with Crippen molar-refractivity contribution in [1.82, 2.24) is 0 Å². The maximum Gasteiger partial charge on any atom is 0.516 e. The molecular formula is C9H7BrF3NO2S. The second-order valence-electron chi connectivity index (χ2n) is 3.55. The lowest BCUT2D eigenvalue weighted by atomic mass is 10.2. The van der Waals surface area contributed by atoms with Gasteiger partial charge in [0.1, 0.15) is 0 Å². The van der Waals surface area contributed by atoms with Crippen LogP contribution in [0.25, 0.3) is 0 Å². The zero-order valence-electron chi connectivity index (χ0n) is 8.33. The Labute approximate surface area is 104 Å². The first-order valence-electron chi connectivity index (χ1n) is 4.61. The van der Waals surface area contributed by atoms with E-state index < -0.39 is 15.5 Å². The molecule has 0 atom stereocenters. The molecule has 0 fully saturated rings. The molecular weight excluding hydrogens is 323 g/mol. The molecule has 0 spiro atoms. The largest absolute Gasteiger partial charge is 0.516 e. The third-order valence-electron chi connectivity index (χ3n) is 2.48. The van der Waals surface area contributed by atoms with Crippen LogP contribution in [0.15, 0.2) is 22.7 Å². The molecule has 17 heavy (non-hydrogen) atoms. The predicted molar refractivity (Wildman–Crippen MR) is 60.2 cm³/mol. The molecule has 8 heteroatoms. The van der Waals surface area contributed by atoms with Gasteiger partial charge in [-0.2, -0.15) is 21.6 Å². The smallest absolute Gasteiger partial charge is 0.262 e. The fourth-order valence-corrected chi connectivity index (χ4v) is 3.14. The van der Waals surface area contributed by atoms with Crippen molar-refractivity contribution in [3.63, 3.8) is 0 Å². The van der Waals surface area contributed by atoms with Crippen molar-refractivity contribution in [2.24, 2.45) is 0 Å². The van der Waals surface area contributed by atoms with E-state index in [2.05, 4.69) is 15.9 Å². The molecule has 0 saturated carbocycles. The quantitative estimate of drug-likeness (QED) is 0.794. The Balaban J connectivity index is 2.48. The van der Waals surface area contributed by atoms with Gasteiger partial charge in [-0.25, -0.2) is 0 Å². The molecule has 0 bridgehead atoms. The molecule has 0 aliphatic carbocycles. The van der Waals surface area contributed by atoms with Crippen molar-refractivity contribution in [3.8, 4) is 0 Å². The summed E-state index contributed by atoms with van der Waals surface area (Å²) in [5.41, 5.74) is -4.57. The fraction of sp³-hybridized carbons (Fsp3) is 0.333. The lowest BCUT2D eigenvalue weighted by Gasteiger charge is -2.20. The Hall–Kier alpha value is -0.760. The molecule has 1 aromatic rings. The summed E-state index contributed by atoms with van der Waals surface area (Å²) < 4.78 is 61.0. The summed E-state index contributed by atoms with van der Waals surface area (Å²) in [6.07, 6.45) is 0.282. The molecule has 1 heterocycles. The minimum Gasteiger partial charge on any atom is -0.262 e. The average Bonchev–Trinajstić information content (AvgIpc) is 2.58. The van der Waals surface area contributed by atoms with Gasteiger partial charge in [0.25, 0.3) is 0 Å². The van der Waals surface area contributed by atoms with Gasteiger partial charge in [0.2, 0.25) is 0 Å². The van der Waals surface area contributed by atoms with Crippen molar-refractivity contribution in [1.29, 1.82) is 0 Å². The third kappa shape index (κ3) is 2.03. The van der Waals surface area contributed by atoms with E-state index >= 15 is 0 Å². The monoisotopic (exact) mass is 329 g/mol. The molecule has 1 aliphatic heterocycles. The first kappa shape index (κ1) is 12.7. The number of fused-ring (bicyclic) bond motifs is 1. The number of hydrogen-bond donors (Lipinski definition) is 0. The number of rotatable bonds is 1. The average molecular weight is 330 g/mol. The molecule has 0 radical (unpaired) electrons. The Morgan fingerprint density at radius 3 is 2.53 bits per heavy atom. The maximum absolute atomic E-state index is 12.4. The van der Waals surface area contributed by atoms with Gasteiger partial charge in [-0.05, 0) is 30.2 Å². The minimum atomic E-state index is -5.28. The Morgan fingerprint density at radius 1 is 1.29 bits per heavy atom. The number of anilines is 1. The van der Waals surface area contributed by atoms with Crippen molar-refractivity contribution >= 4 is 31.6 Å². The number of halogens is 4. The van der Waals surface area contributed by atoms with Gasteiger partial charge in [-0.15, -0.1) is 0 Å². The van der Waals surface area contributed by atoms with Crippen LogP contribution in [0, 0.1) is 0 Å². The van der Waals surface area contributed by atoms with Crippen LogP contribution in [-0.2, 0) is 16.4 Å². The first-order valence-corrected chi connectivity index (χ1v) is 6.84. The van der Waals surface area contributed by atoms with E-state index in [1.165, 1.54) is 12.1 Å². The van der Waals surface area contributed by atoms with Crippen molar-refractivity contribution in [3.05, 3.63) is 28.2 Å². The van der Waals surface area contributed by atoms with Crippen molar-refractivity contribution in [2.45, 2.75) is 11.9 Å². The summed E-state index contributed by atoms with van der Waals surface area (Å²) >= 11 is 3.18. The van der Waals surface area contributed by atoms with Crippen LogP contribution in [0.5, 0.6) is 0 Å². The van der Waals surface area contributed by atoms with E-state index in [1.807, 2.05) is 0 Å². The number of alkyl halides is 3.